The average molecular weight is 196 g/mol. The minimum Gasteiger partial charge on any atom is -0.480 e. The maximum Gasteiger partial charge on any atom is 0.320 e. The van der Waals surface area contributed by atoms with E-state index in [0.717, 1.165) is 13.1 Å². The highest BCUT2D eigenvalue weighted by Crippen LogP contribution is 2.02. The molecule has 1 fully saturated rings. The zero-order valence-electron chi connectivity index (χ0n) is 7.02. The van der Waals surface area contributed by atoms with Gasteiger partial charge in [-0.05, 0) is 6.92 Å². The largest absolute Gasteiger partial charge is 0.480 e. The topological polar surface area (TPSA) is 49.8 Å². The lowest BCUT2D eigenvalue weighted by atomic mass is 10.2. The molecule has 0 aromatic rings. The molecule has 12 heavy (non-hydrogen) atoms. The van der Waals surface area contributed by atoms with Crippen molar-refractivity contribution in [3.63, 3.8) is 0 Å². The Bertz CT molecular complexity index is 148. The first kappa shape index (κ1) is 11.7. The normalized spacial score (nSPS) is 21.1. The van der Waals surface area contributed by atoms with E-state index in [4.69, 9.17) is 9.84 Å². The number of hydrogen-bond acceptors (Lipinski definition) is 3. The van der Waals surface area contributed by atoms with Gasteiger partial charge in [-0.15, -0.1) is 12.4 Å². The highest BCUT2D eigenvalue weighted by molar-refractivity contribution is 5.85. The van der Waals surface area contributed by atoms with Crippen LogP contribution in [0.25, 0.3) is 0 Å². The monoisotopic (exact) mass is 195 g/mol. The minimum absolute atomic E-state index is 0. The van der Waals surface area contributed by atoms with E-state index in [9.17, 15) is 4.79 Å². The summed E-state index contributed by atoms with van der Waals surface area (Å²) in [6.45, 7) is 4.46. The number of carboxylic acid groups (broad SMARTS) is 1. The second-order valence-corrected chi connectivity index (χ2v) is 2.66. The van der Waals surface area contributed by atoms with Crippen LogP contribution in [-0.2, 0) is 9.53 Å². The number of aliphatic carboxylic acids is 1. The molecule has 5 heteroatoms. The lowest BCUT2D eigenvalue weighted by Crippen LogP contribution is -2.45. The number of halogens is 1. The average Bonchev–Trinajstić information content (AvgIpc) is 2.05. The van der Waals surface area contributed by atoms with Crippen LogP contribution >= 0.6 is 12.4 Å². The van der Waals surface area contributed by atoms with Crippen molar-refractivity contribution in [3.05, 3.63) is 0 Å². The fourth-order valence-electron chi connectivity index (χ4n) is 1.12. The van der Waals surface area contributed by atoms with Crippen LogP contribution < -0.4 is 0 Å². The minimum atomic E-state index is -0.758. The number of ether oxygens (including phenoxy) is 1. The van der Waals surface area contributed by atoms with Gasteiger partial charge < -0.3 is 9.84 Å². The van der Waals surface area contributed by atoms with E-state index in [1.54, 1.807) is 6.92 Å². The maximum atomic E-state index is 10.5. The first-order chi connectivity index (χ1) is 5.22. The van der Waals surface area contributed by atoms with Gasteiger partial charge in [-0.3, -0.25) is 9.69 Å². The third-order valence-electron chi connectivity index (χ3n) is 1.95. The Kier molecular flexibility index (Phi) is 5.20. The number of carbonyl (C=O) groups is 1. The molecule has 0 aromatic carbocycles. The zero-order valence-corrected chi connectivity index (χ0v) is 7.84. The maximum absolute atomic E-state index is 10.5. The molecular weight excluding hydrogens is 182 g/mol. The number of morpholine rings is 1. The predicted octanol–water partition coefficient (Wildman–Crippen LogP) is 0.214. The summed E-state index contributed by atoms with van der Waals surface area (Å²) in [6.07, 6.45) is 0. The van der Waals surface area contributed by atoms with Gasteiger partial charge in [0.1, 0.15) is 6.04 Å². The predicted molar refractivity (Wildman–Crippen MR) is 46.7 cm³/mol. The van der Waals surface area contributed by atoms with Crippen molar-refractivity contribution in [2.24, 2.45) is 0 Å². The second kappa shape index (κ2) is 5.35. The molecule has 1 atom stereocenters. The van der Waals surface area contributed by atoms with Crippen LogP contribution in [0.1, 0.15) is 6.92 Å². The van der Waals surface area contributed by atoms with Crippen molar-refractivity contribution in [2.75, 3.05) is 26.3 Å². The fraction of sp³-hybridized carbons (Fsp3) is 0.857. The van der Waals surface area contributed by atoms with Crippen LogP contribution in [0.3, 0.4) is 0 Å². The molecule has 1 N–H and O–H groups in total. The van der Waals surface area contributed by atoms with E-state index in [2.05, 4.69) is 0 Å². The Labute approximate surface area is 77.9 Å². The summed E-state index contributed by atoms with van der Waals surface area (Å²) in [5.74, 6) is -0.758. The van der Waals surface area contributed by atoms with Gasteiger partial charge in [0, 0.05) is 13.1 Å². The summed E-state index contributed by atoms with van der Waals surface area (Å²) >= 11 is 0. The molecule has 0 bridgehead atoms. The van der Waals surface area contributed by atoms with Crippen molar-refractivity contribution in [1.82, 2.24) is 4.90 Å². The van der Waals surface area contributed by atoms with Gasteiger partial charge in [-0.2, -0.15) is 0 Å². The van der Waals surface area contributed by atoms with Crippen LogP contribution in [0, 0.1) is 0 Å². The Morgan fingerprint density at radius 3 is 2.42 bits per heavy atom. The quantitative estimate of drug-likeness (QED) is 0.685. The van der Waals surface area contributed by atoms with Gasteiger partial charge in [0.2, 0.25) is 0 Å². The molecule has 0 amide bonds. The molecule has 0 saturated carbocycles. The highest BCUT2D eigenvalue weighted by Gasteiger charge is 2.21. The molecular formula is C7H14ClNO3. The highest BCUT2D eigenvalue weighted by atomic mass is 35.5. The van der Waals surface area contributed by atoms with E-state index in [-0.39, 0.29) is 18.4 Å². The Morgan fingerprint density at radius 1 is 1.50 bits per heavy atom. The smallest absolute Gasteiger partial charge is 0.320 e. The van der Waals surface area contributed by atoms with Crippen LogP contribution in [0.4, 0.5) is 0 Å². The molecule has 0 radical (unpaired) electrons. The summed E-state index contributed by atoms with van der Waals surface area (Å²) in [5.41, 5.74) is 0. The molecule has 1 aliphatic rings. The van der Waals surface area contributed by atoms with Crippen LogP contribution in [0.2, 0.25) is 0 Å². The first-order valence-corrected chi connectivity index (χ1v) is 3.76. The summed E-state index contributed by atoms with van der Waals surface area (Å²) in [5, 5.41) is 8.65. The number of hydrogen-bond donors (Lipinski definition) is 1. The SMILES string of the molecule is C[C@@H](C(=O)O)N1CCOCC1.Cl. The van der Waals surface area contributed by atoms with E-state index in [1.165, 1.54) is 0 Å². The van der Waals surface area contributed by atoms with E-state index < -0.39 is 5.97 Å². The molecule has 0 unspecified atom stereocenters. The summed E-state index contributed by atoms with van der Waals surface area (Å²) in [4.78, 5) is 12.4. The van der Waals surface area contributed by atoms with E-state index in [0.29, 0.717) is 13.2 Å². The standard InChI is InChI=1S/C7H13NO3.ClH/c1-6(7(9)10)8-2-4-11-5-3-8;/h6H,2-5H2,1H3,(H,9,10);1H/t6-;/m0./s1. The number of nitrogens with zero attached hydrogens (tertiary/aromatic N) is 1. The molecule has 0 aliphatic carbocycles. The van der Waals surface area contributed by atoms with Crippen LogP contribution in [0.5, 0.6) is 0 Å². The van der Waals surface area contributed by atoms with E-state index in [1.807, 2.05) is 4.90 Å². The van der Waals surface area contributed by atoms with Gasteiger partial charge in [0.05, 0.1) is 13.2 Å². The van der Waals surface area contributed by atoms with Gasteiger partial charge in [-0.25, -0.2) is 0 Å². The first-order valence-electron chi connectivity index (χ1n) is 3.76. The van der Waals surface area contributed by atoms with Gasteiger partial charge in [-0.1, -0.05) is 0 Å². The van der Waals surface area contributed by atoms with Crippen molar-refractivity contribution in [3.8, 4) is 0 Å². The number of rotatable bonds is 2. The fourth-order valence-corrected chi connectivity index (χ4v) is 1.12. The zero-order chi connectivity index (χ0) is 8.27. The van der Waals surface area contributed by atoms with Gasteiger partial charge in [0.25, 0.3) is 0 Å². The van der Waals surface area contributed by atoms with Gasteiger partial charge in [0.15, 0.2) is 0 Å². The van der Waals surface area contributed by atoms with Crippen molar-refractivity contribution < 1.29 is 14.6 Å². The molecule has 72 valence electrons. The third-order valence-corrected chi connectivity index (χ3v) is 1.95. The number of carboxylic acids is 1. The molecule has 0 aromatic heterocycles. The molecule has 1 saturated heterocycles. The van der Waals surface area contributed by atoms with Crippen LogP contribution in [0.15, 0.2) is 0 Å². The van der Waals surface area contributed by atoms with E-state index >= 15 is 0 Å². The van der Waals surface area contributed by atoms with Crippen molar-refractivity contribution in [1.29, 1.82) is 0 Å². The van der Waals surface area contributed by atoms with Crippen LogP contribution in [-0.4, -0.2) is 48.3 Å². The molecule has 4 nitrogen and oxygen atoms in total. The van der Waals surface area contributed by atoms with Gasteiger partial charge >= 0.3 is 5.97 Å². The van der Waals surface area contributed by atoms with Crippen molar-refractivity contribution in [2.45, 2.75) is 13.0 Å². The molecule has 0 spiro atoms. The second-order valence-electron chi connectivity index (χ2n) is 2.66. The Hall–Kier alpha value is -0.320. The lowest BCUT2D eigenvalue weighted by Gasteiger charge is -2.29. The summed E-state index contributed by atoms with van der Waals surface area (Å²) in [6, 6.07) is -0.376. The molecule has 1 aliphatic heterocycles. The molecule has 1 heterocycles. The Balaban J connectivity index is 0.00000121. The Morgan fingerprint density at radius 2 is 2.00 bits per heavy atom. The third kappa shape index (κ3) is 2.97. The summed E-state index contributed by atoms with van der Waals surface area (Å²) < 4.78 is 5.10. The van der Waals surface area contributed by atoms with Crippen molar-refractivity contribution >= 4 is 18.4 Å². The lowest BCUT2D eigenvalue weighted by molar-refractivity contribution is -0.144. The summed E-state index contributed by atoms with van der Waals surface area (Å²) in [7, 11) is 0. The molecule has 1 rings (SSSR count).